The number of nitrogens with zero attached hydrogens (tertiary/aromatic N) is 2. The Morgan fingerprint density at radius 1 is 1.20 bits per heavy atom. The first-order chi connectivity index (χ1) is 14.4. The number of amides is 2. The monoisotopic (exact) mass is 418 g/mol. The maximum atomic E-state index is 12.9. The molecule has 0 aromatic heterocycles. The largest absolute Gasteiger partial charge is 0.492 e. The SMILES string of the molecule is CCOc1ccccc1N1CC(C(=O)N(C)Cc2ccc(OC(F)F)cc2)CC1=O. The van der Waals surface area contributed by atoms with Crippen LogP contribution >= 0.6 is 0 Å². The summed E-state index contributed by atoms with van der Waals surface area (Å²) in [5, 5.41) is 0. The number of hydrogen-bond acceptors (Lipinski definition) is 4. The molecule has 1 fully saturated rings. The lowest BCUT2D eigenvalue weighted by molar-refractivity contribution is -0.135. The highest BCUT2D eigenvalue weighted by Gasteiger charge is 2.37. The lowest BCUT2D eigenvalue weighted by Crippen LogP contribution is -2.34. The summed E-state index contributed by atoms with van der Waals surface area (Å²) in [5.74, 6) is -0.0534. The van der Waals surface area contributed by atoms with E-state index in [9.17, 15) is 18.4 Å². The van der Waals surface area contributed by atoms with Crippen LogP contribution in [-0.2, 0) is 16.1 Å². The van der Waals surface area contributed by atoms with Crippen molar-refractivity contribution >= 4 is 17.5 Å². The highest BCUT2D eigenvalue weighted by atomic mass is 19.3. The number of benzene rings is 2. The minimum Gasteiger partial charge on any atom is -0.492 e. The van der Waals surface area contributed by atoms with Gasteiger partial charge in [-0.25, -0.2) is 0 Å². The van der Waals surface area contributed by atoms with E-state index in [0.717, 1.165) is 5.56 Å². The van der Waals surface area contributed by atoms with Gasteiger partial charge in [0.1, 0.15) is 11.5 Å². The lowest BCUT2D eigenvalue weighted by Gasteiger charge is -2.22. The number of alkyl halides is 2. The van der Waals surface area contributed by atoms with Gasteiger partial charge >= 0.3 is 6.61 Å². The quantitative estimate of drug-likeness (QED) is 0.656. The van der Waals surface area contributed by atoms with Crippen molar-refractivity contribution in [2.45, 2.75) is 26.5 Å². The summed E-state index contributed by atoms with van der Waals surface area (Å²) in [4.78, 5) is 28.6. The molecule has 0 bridgehead atoms. The average Bonchev–Trinajstić information content (AvgIpc) is 3.10. The van der Waals surface area contributed by atoms with E-state index in [1.54, 1.807) is 35.0 Å². The van der Waals surface area contributed by atoms with Crippen molar-refractivity contribution in [2.24, 2.45) is 5.92 Å². The summed E-state index contributed by atoms with van der Waals surface area (Å²) in [5.41, 5.74) is 1.44. The molecule has 1 aliphatic rings. The molecular formula is C22H24F2N2O4. The van der Waals surface area contributed by atoms with Crippen molar-refractivity contribution < 1.29 is 27.8 Å². The molecule has 6 nitrogen and oxygen atoms in total. The van der Waals surface area contributed by atoms with Crippen molar-refractivity contribution in [3.8, 4) is 11.5 Å². The van der Waals surface area contributed by atoms with Gasteiger partial charge in [0.2, 0.25) is 11.8 Å². The highest BCUT2D eigenvalue weighted by Crippen LogP contribution is 2.33. The Morgan fingerprint density at radius 3 is 2.57 bits per heavy atom. The minimum atomic E-state index is -2.88. The van der Waals surface area contributed by atoms with Crippen LogP contribution in [0.15, 0.2) is 48.5 Å². The van der Waals surface area contributed by atoms with Gasteiger partial charge in [0.25, 0.3) is 0 Å². The summed E-state index contributed by atoms with van der Waals surface area (Å²) < 4.78 is 34.4. The first-order valence-corrected chi connectivity index (χ1v) is 9.70. The fraction of sp³-hybridized carbons (Fsp3) is 0.364. The van der Waals surface area contributed by atoms with E-state index < -0.39 is 12.5 Å². The molecule has 0 saturated carbocycles. The first kappa shape index (κ1) is 21.5. The number of carbonyl (C=O) groups is 2. The van der Waals surface area contributed by atoms with Gasteiger partial charge in [0.15, 0.2) is 0 Å². The van der Waals surface area contributed by atoms with Crippen LogP contribution in [0.25, 0.3) is 0 Å². The van der Waals surface area contributed by atoms with Gasteiger partial charge in [0, 0.05) is 26.6 Å². The first-order valence-electron chi connectivity index (χ1n) is 9.70. The molecule has 0 spiro atoms. The van der Waals surface area contributed by atoms with Crippen LogP contribution < -0.4 is 14.4 Å². The number of anilines is 1. The second-order valence-electron chi connectivity index (χ2n) is 7.02. The number of ether oxygens (including phenoxy) is 2. The second-order valence-corrected chi connectivity index (χ2v) is 7.02. The Bertz CT molecular complexity index is 889. The molecule has 8 heteroatoms. The summed E-state index contributed by atoms with van der Waals surface area (Å²) in [6, 6.07) is 13.4. The standard InChI is InChI=1S/C22H24F2N2O4/c1-3-29-19-7-5-4-6-18(19)26-14-16(12-20(26)27)21(28)25(2)13-15-8-10-17(11-9-15)30-22(23)24/h4-11,16,22H,3,12-14H2,1-2H3. The zero-order valence-electron chi connectivity index (χ0n) is 16.9. The average molecular weight is 418 g/mol. The van der Waals surface area contributed by atoms with Crippen molar-refractivity contribution in [3.05, 3.63) is 54.1 Å². The maximum Gasteiger partial charge on any atom is 0.387 e. The molecule has 1 unspecified atom stereocenters. The van der Waals surface area contributed by atoms with Crippen LogP contribution in [-0.4, -0.2) is 43.5 Å². The third-order valence-corrected chi connectivity index (χ3v) is 4.87. The molecule has 1 saturated heterocycles. The zero-order valence-corrected chi connectivity index (χ0v) is 16.9. The third kappa shape index (κ3) is 5.06. The van der Waals surface area contributed by atoms with E-state index >= 15 is 0 Å². The highest BCUT2D eigenvalue weighted by molar-refractivity contribution is 6.01. The van der Waals surface area contributed by atoms with Crippen molar-refractivity contribution in [3.63, 3.8) is 0 Å². The van der Waals surface area contributed by atoms with Crippen molar-refractivity contribution in [2.75, 3.05) is 25.1 Å². The Kier molecular flexibility index (Phi) is 6.87. The zero-order chi connectivity index (χ0) is 21.7. The van der Waals surface area contributed by atoms with Crippen LogP contribution in [0.4, 0.5) is 14.5 Å². The van der Waals surface area contributed by atoms with Gasteiger partial charge in [-0.05, 0) is 36.8 Å². The molecule has 1 aliphatic heterocycles. The molecule has 160 valence electrons. The Morgan fingerprint density at radius 2 is 1.90 bits per heavy atom. The predicted octanol–water partition coefficient (Wildman–Crippen LogP) is 3.70. The number of rotatable bonds is 8. The molecule has 3 rings (SSSR count). The Labute approximate surface area is 174 Å². The number of para-hydroxylation sites is 2. The van der Waals surface area contributed by atoms with Crippen molar-refractivity contribution in [1.29, 1.82) is 0 Å². The molecule has 1 atom stereocenters. The minimum absolute atomic E-state index is 0.0627. The third-order valence-electron chi connectivity index (χ3n) is 4.87. The van der Waals surface area contributed by atoms with Gasteiger partial charge in [-0.3, -0.25) is 9.59 Å². The number of carbonyl (C=O) groups excluding carboxylic acids is 2. The van der Waals surface area contributed by atoms with E-state index in [1.807, 2.05) is 25.1 Å². The maximum absolute atomic E-state index is 12.9. The van der Waals surface area contributed by atoms with Crippen LogP contribution in [0, 0.1) is 5.92 Å². The topological polar surface area (TPSA) is 59.1 Å². The van der Waals surface area contributed by atoms with Crippen LogP contribution in [0.5, 0.6) is 11.5 Å². The van der Waals surface area contributed by atoms with Gasteiger partial charge in [-0.15, -0.1) is 0 Å². The molecule has 2 amide bonds. The smallest absolute Gasteiger partial charge is 0.387 e. The van der Waals surface area contributed by atoms with Crippen LogP contribution in [0.2, 0.25) is 0 Å². The van der Waals surface area contributed by atoms with Gasteiger partial charge in [-0.2, -0.15) is 8.78 Å². The lowest BCUT2D eigenvalue weighted by atomic mass is 10.1. The summed E-state index contributed by atoms with van der Waals surface area (Å²) in [6.45, 7) is 0.0542. The Balaban J connectivity index is 1.64. The van der Waals surface area contributed by atoms with E-state index in [1.165, 1.54) is 12.1 Å². The molecule has 2 aromatic carbocycles. The van der Waals surface area contributed by atoms with Gasteiger partial charge in [-0.1, -0.05) is 24.3 Å². The number of halogens is 2. The van der Waals surface area contributed by atoms with E-state index in [4.69, 9.17) is 4.74 Å². The summed E-state index contributed by atoms with van der Waals surface area (Å²) >= 11 is 0. The van der Waals surface area contributed by atoms with E-state index in [-0.39, 0.29) is 30.5 Å². The second kappa shape index (κ2) is 9.56. The molecule has 0 aliphatic carbocycles. The van der Waals surface area contributed by atoms with Crippen molar-refractivity contribution in [1.82, 2.24) is 4.90 Å². The van der Waals surface area contributed by atoms with Gasteiger partial charge in [0.05, 0.1) is 18.2 Å². The normalized spacial score (nSPS) is 16.1. The van der Waals surface area contributed by atoms with Gasteiger partial charge < -0.3 is 19.3 Å². The van der Waals surface area contributed by atoms with Crippen LogP contribution in [0.1, 0.15) is 18.9 Å². The Hall–Kier alpha value is -3.16. The van der Waals surface area contributed by atoms with E-state index in [0.29, 0.717) is 24.6 Å². The number of hydrogen-bond donors (Lipinski definition) is 0. The molecule has 1 heterocycles. The molecule has 0 N–H and O–H groups in total. The summed E-state index contributed by atoms with van der Waals surface area (Å²) in [7, 11) is 1.66. The fourth-order valence-electron chi connectivity index (χ4n) is 3.50. The predicted molar refractivity (Wildman–Crippen MR) is 108 cm³/mol. The molecule has 2 aromatic rings. The van der Waals surface area contributed by atoms with Crippen LogP contribution in [0.3, 0.4) is 0 Å². The van der Waals surface area contributed by atoms with E-state index in [2.05, 4.69) is 4.74 Å². The summed E-state index contributed by atoms with van der Waals surface area (Å²) in [6.07, 6.45) is 0.130. The molecule has 0 radical (unpaired) electrons. The molecule has 30 heavy (non-hydrogen) atoms. The fourth-order valence-corrected chi connectivity index (χ4v) is 3.50. The molecular weight excluding hydrogens is 394 g/mol.